The number of carbonyl (C=O) groups is 1. The molecule has 0 radical (unpaired) electrons. The van der Waals surface area contributed by atoms with Crippen LogP contribution < -0.4 is 10.2 Å². The summed E-state index contributed by atoms with van der Waals surface area (Å²) in [4.78, 5) is 11.9. The Balaban J connectivity index is 1.57. The third-order valence-electron chi connectivity index (χ3n) is 3.60. The molecule has 1 N–H and O–H groups in total. The molecule has 3 rings (SSSR count). The minimum atomic E-state index is -0.383. The van der Waals surface area contributed by atoms with E-state index < -0.39 is 0 Å². The summed E-state index contributed by atoms with van der Waals surface area (Å²) in [6.07, 6.45) is 1.44. The van der Waals surface area contributed by atoms with E-state index in [2.05, 4.69) is 10.5 Å². The lowest BCUT2D eigenvalue weighted by molar-refractivity contribution is -0.123. The molecule has 0 aliphatic rings. The Hall–Kier alpha value is -3.47. The first kappa shape index (κ1) is 17.4. The highest BCUT2D eigenvalue weighted by molar-refractivity contribution is 5.83. The first-order valence-electron chi connectivity index (χ1n) is 8.07. The number of para-hydroxylation sites is 1. The lowest BCUT2D eigenvalue weighted by Crippen LogP contribution is -2.24. The summed E-state index contributed by atoms with van der Waals surface area (Å²) in [5, 5.41) is 3.84. The molecule has 26 heavy (non-hydrogen) atoms. The van der Waals surface area contributed by atoms with Gasteiger partial charge in [0.05, 0.1) is 6.21 Å². The molecule has 0 aromatic heterocycles. The average Bonchev–Trinajstić information content (AvgIpc) is 2.69. The van der Waals surface area contributed by atoms with Crippen molar-refractivity contribution in [3.63, 3.8) is 0 Å². The minimum Gasteiger partial charge on any atom is -0.483 e. The van der Waals surface area contributed by atoms with Gasteiger partial charge in [0.15, 0.2) is 6.61 Å². The molecule has 0 atom stereocenters. The highest BCUT2D eigenvalue weighted by Gasteiger charge is 2.07. The molecular formula is C21H17FN2O2. The maximum absolute atomic E-state index is 12.8. The number of ether oxygens (including phenoxy) is 1. The number of benzene rings is 3. The van der Waals surface area contributed by atoms with Crippen molar-refractivity contribution < 1.29 is 13.9 Å². The second kappa shape index (κ2) is 8.58. The number of carbonyl (C=O) groups excluding carboxylic acids is 1. The van der Waals surface area contributed by atoms with E-state index in [1.165, 1.54) is 18.3 Å². The van der Waals surface area contributed by atoms with Crippen LogP contribution >= 0.6 is 0 Å². The van der Waals surface area contributed by atoms with Crippen LogP contribution in [0.3, 0.4) is 0 Å². The van der Waals surface area contributed by atoms with E-state index in [0.717, 1.165) is 11.1 Å². The maximum Gasteiger partial charge on any atom is 0.277 e. The third kappa shape index (κ3) is 4.77. The molecule has 0 aliphatic carbocycles. The maximum atomic E-state index is 12.8. The number of nitrogens with zero attached hydrogens (tertiary/aromatic N) is 1. The highest BCUT2D eigenvalue weighted by atomic mass is 19.1. The Kier molecular flexibility index (Phi) is 5.72. The van der Waals surface area contributed by atoms with E-state index in [1.807, 2.05) is 54.6 Å². The van der Waals surface area contributed by atoms with Crippen LogP contribution in [-0.4, -0.2) is 18.7 Å². The van der Waals surface area contributed by atoms with Gasteiger partial charge in [-0.15, -0.1) is 0 Å². The van der Waals surface area contributed by atoms with Gasteiger partial charge in [-0.3, -0.25) is 4.79 Å². The van der Waals surface area contributed by atoms with Gasteiger partial charge < -0.3 is 4.74 Å². The smallest absolute Gasteiger partial charge is 0.277 e. The zero-order valence-corrected chi connectivity index (χ0v) is 13.9. The Bertz CT molecular complexity index is 893. The molecule has 0 unspecified atom stereocenters. The van der Waals surface area contributed by atoms with Crippen LogP contribution in [0.2, 0.25) is 0 Å². The molecule has 1 amide bonds. The van der Waals surface area contributed by atoms with E-state index >= 15 is 0 Å². The van der Waals surface area contributed by atoms with Gasteiger partial charge in [0.25, 0.3) is 5.91 Å². The van der Waals surface area contributed by atoms with Crippen LogP contribution in [0.4, 0.5) is 4.39 Å². The van der Waals surface area contributed by atoms with Crippen LogP contribution in [0.1, 0.15) is 5.56 Å². The van der Waals surface area contributed by atoms with Crippen molar-refractivity contribution in [2.24, 2.45) is 5.10 Å². The molecule has 3 aromatic rings. The number of hydrazone groups is 1. The number of nitrogens with one attached hydrogen (secondary N) is 1. The van der Waals surface area contributed by atoms with Crippen LogP contribution in [0.15, 0.2) is 84.0 Å². The molecule has 130 valence electrons. The lowest BCUT2D eigenvalue weighted by Gasteiger charge is -2.10. The van der Waals surface area contributed by atoms with Gasteiger partial charge in [-0.1, -0.05) is 60.7 Å². The summed E-state index contributed by atoms with van der Waals surface area (Å²) < 4.78 is 18.5. The van der Waals surface area contributed by atoms with Crippen molar-refractivity contribution in [1.82, 2.24) is 5.43 Å². The van der Waals surface area contributed by atoms with Gasteiger partial charge in [-0.25, -0.2) is 9.82 Å². The number of halogens is 1. The minimum absolute atomic E-state index is 0.162. The van der Waals surface area contributed by atoms with Crippen molar-refractivity contribution in [1.29, 1.82) is 0 Å². The van der Waals surface area contributed by atoms with Crippen molar-refractivity contribution in [3.05, 3.63) is 90.2 Å². The van der Waals surface area contributed by atoms with Crippen molar-refractivity contribution in [2.45, 2.75) is 0 Å². The highest BCUT2D eigenvalue weighted by Crippen LogP contribution is 2.29. The van der Waals surface area contributed by atoms with Crippen LogP contribution in [-0.2, 0) is 4.79 Å². The normalized spacial score (nSPS) is 10.7. The molecule has 0 heterocycles. The van der Waals surface area contributed by atoms with Gasteiger partial charge in [0.2, 0.25) is 0 Å². The summed E-state index contributed by atoms with van der Waals surface area (Å²) in [5.74, 6) is -0.0840. The summed E-state index contributed by atoms with van der Waals surface area (Å²) in [6, 6.07) is 23.1. The fourth-order valence-electron chi connectivity index (χ4n) is 2.35. The molecule has 0 saturated heterocycles. The second-order valence-electron chi connectivity index (χ2n) is 5.50. The Labute approximate surface area is 150 Å². The quantitative estimate of drug-likeness (QED) is 0.540. The first-order valence-corrected chi connectivity index (χ1v) is 8.07. The number of rotatable bonds is 6. The molecule has 3 aromatic carbocycles. The van der Waals surface area contributed by atoms with E-state index in [0.29, 0.717) is 11.3 Å². The molecule has 0 bridgehead atoms. The number of hydrogen-bond donors (Lipinski definition) is 1. The van der Waals surface area contributed by atoms with Crippen LogP contribution in [0.5, 0.6) is 5.75 Å². The number of amides is 1. The average molecular weight is 348 g/mol. The molecule has 0 saturated carbocycles. The van der Waals surface area contributed by atoms with Gasteiger partial charge in [0.1, 0.15) is 11.6 Å². The van der Waals surface area contributed by atoms with Crippen molar-refractivity contribution >= 4 is 12.1 Å². The Morgan fingerprint density at radius 1 is 0.962 bits per heavy atom. The monoisotopic (exact) mass is 348 g/mol. The molecule has 5 heteroatoms. The zero-order valence-electron chi connectivity index (χ0n) is 13.9. The van der Waals surface area contributed by atoms with E-state index in [-0.39, 0.29) is 18.3 Å². The van der Waals surface area contributed by atoms with E-state index in [4.69, 9.17) is 4.74 Å². The standard InChI is InChI=1S/C21H17FN2O2/c22-18-12-10-16(11-13-18)14-23-24-21(25)15-26-20-9-5-4-8-19(20)17-6-2-1-3-7-17/h1-14H,15H2,(H,24,25)/b23-14+. The number of hydrogen-bond acceptors (Lipinski definition) is 3. The molecule has 0 aliphatic heterocycles. The Morgan fingerprint density at radius 3 is 2.42 bits per heavy atom. The zero-order chi connectivity index (χ0) is 18.2. The second-order valence-corrected chi connectivity index (χ2v) is 5.50. The topological polar surface area (TPSA) is 50.7 Å². The van der Waals surface area contributed by atoms with Crippen molar-refractivity contribution in [2.75, 3.05) is 6.61 Å². The van der Waals surface area contributed by atoms with Crippen LogP contribution in [0.25, 0.3) is 11.1 Å². The molecule has 0 spiro atoms. The SMILES string of the molecule is O=C(COc1ccccc1-c1ccccc1)N/N=C/c1ccc(F)cc1. The van der Waals surface area contributed by atoms with Crippen LogP contribution in [0, 0.1) is 5.82 Å². The lowest BCUT2D eigenvalue weighted by atomic mass is 10.1. The van der Waals surface area contributed by atoms with E-state index in [1.54, 1.807) is 12.1 Å². The summed E-state index contributed by atoms with van der Waals surface area (Å²) in [7, 11) is 0. The predicted octanol–water partition coefficient (Wildman–Crippen LogP) is 4.02. The van der Waals surface area contributed by atoms with Crippen molar-refractivity contribution in [3.8, 4) is 16.9 Å². The van der Waals surface area contributed by atoms with Gasteiger partial charge in [0, 0.05) is 5.56 Å². The van der Waals surface area contributed by atoms with Gasteiger partial charge >= 0.3 is 0 Å². The summed E-state index contributed by atoms with van der Waals surface area (Å²) >= 11 is 0. The predicted molar refractivity (Wildman–Crippen MR) is 99.5 cm³/mol. The molecule has 4 nitrogen and oxygen atoms in total. The molecular weight excluding hydrogens is 331 g/mol. The Morgan fingerprint density at radius 2 is 1.65 bits per heavy atom. The largest absolute Gasteiger partial charge is 0.483 e. The van der Waals surface area contributed by atoms with Gasteiger partial charge in [-0.05, 0) is 29.3 Å². The molecule has 0 fully saturated rings. The fraction of sp³-hybridized carbons (Fsp3) is 0.0476. The first-order chi connectivity index (χ1) is 12.7. The fourth-order valence-corrected chi connectivity index (χ4v) is 2.35. The third-order valence-corrected chi connectivity index (χ3v) is 3.60. The van der Waals surface area contributed by atoms with Gasteiger partial charge in [-0.2, -0.15) is 5.10 Å². The summed E-state index contributed by atoms with van der Waals surface area (Å²) in [5.41, 5.74) is 4.99. The summed E-state index contributed by atoms with van der Waals surface area (Å²) in [6.45, 7) is -0.162. The van der Waals surface area contributed by atoms with E-state index in [9.17, 15) is 9.18 Å².